The molecule has 3 aromatic rings. The Morgan fingerprint density at radius 2 is 1.86 bits per heavy atom. The van der Waals surface area contributed by atoms with E-state index in [2.05, 4.69) is 25.6 Å². The smallest absolute Gasteiger partial charge is 0.258 e. The summed E-state index contributed by atoms with van der Waals surface area (Å²) in [6.45, 7) is 5.86. The van der Waals surface area contributed by atoms with Crippen molar-refractivity contribution in [3.63, 3.8) is 0 Å². The maximum atomic E-state index is 12.2. The third-order valence-electron chi connectivity index (χ3n) is 3.04. The van der Waals surface area contributed by atoms with Gasteiger partial charge in [0, 0.05) is 35.9 Å². The fourth-order valence-electron chi connectivity index (χ4n) is 2.18. The lowest BCUT2D eigenvalue weighted by atomic mass is 10.3. The number of hydrogen-bond acceptors (Lipinski definition) is 4. The molecular formula is C15H16N5OS+. The average Bonchev–Trinajstić information content (AvgIpc) is 3.07. The van der Waals surface area contributed by atoms with Gasteiger partial charge < -0.3 is 0 Å². The molecule has 0 fully saturated rings. The van der Waals surface area contributed by atoms with Gasteiger partial charge >= 0.3 is 11.2 Å². The molecule has 0 saturated carbocycles. The Morgan fingerprint density at radius 1 is 1.14 bits per heavy atom. The molecule has 0 bridgehead atoms. The van der Waals surface area contributed by atoms with Crippen LogP contribution in [0.3, 0.4) is 0 Å². The molecule has 0 aliphatic rings. The van der Waals surface area contributed by atoms with Crippen LogP contribution in [-0.4, -0.2) is 25.6 Å². The van der Waals surface area contributed by atoms with Gasteiger partial charge in [-0.2, -0.15) is 4.98 Å². The van der Waals surface area contributed by atoms with Gasteiger partial charge in [0.05, 0.1) is 16.2 Å². The highest BCUT2D eigenvalue weighted by Gasteiger charge is 2.23. The first-order valence-corrected chi connectivity index (χ1v) is 8.06. The third-order valence-corrected chi connectivity index (χ3v) is 4.97. The number of hydrogen-bond donors (Lipinski definition) is 1. The molecule has 6 nitrogen and oxygen atoms in total. The molecule has 0 spiro atoms. The van der Waals surface area contributed by atoms with E-state index in [1.165, 1.54) is 10.9 Å². The van der Waals surface area contributed by atoms with Crippen molar-refractivity contribution in [1.29, 1.82) is 0 Å². The molecular weight excluding hydrogens is 298 g/mol. The second-order valence-corrected chi connectivity index (χ2v) is 6.77. The average molecular weight is 314 g/mol. The first kappa shape index (κ1) is 14.4. The van der Waals surface area contributed by atoms with Gasteiger partial charge in [-0.3, -0.25) is 9.55 Å². The molecule has 3 aromatic heterocycles. The van der Waals surface area contributed by atoms with Crippen molar-refractivity contribution < 1.29 is 4.79 Å². The van der Waals surface area contributed by atoms with Crippen molar-refractivity contribution in [2.24, 2.45) is 0 Å². The minimum Gasteiger partial charge on any atom is -0.258 e. The molecule has 1 atom stereocenters. The molecule has 3 rings (SSSR count). The van der Waals surface area contributed by atoms with Crippen molar-refractivity contribution in [3.05, 3.63) is 53.3 Å². The Bertz CT molecular complexity index is 802. The summed E-state index contributed by atoms with van der Waals surface area (Å²) in [5.41, 5.74) is 2.82. The van der Waals surface area contributed by atoms with Crippen molar-refractivity contribution in [3.8, 4) is 4.90 Å². The van der Waals surface area contributed by atoms with E-state index in [-0.39, 0.29) is 16.5 Å². The van der Waals surface area contributed by atoms with Gasteiger partial charge in [0.2, 0.25) is 0 Å². The normalized spacial score (nSPS) is 11.5. The van der Waals surface area contributed by atoms with Gasteiger partial charge in [-0.1, -0.05) is 0 Å². The number of pyridine rings is 1. The molecule has 1 unspecified atom stereocenters. The van der Waals surface area contributed by atoms with Gasteiger partial charge in [-0.05, 0) is 20.8 Å². The maximum Gasteiger partial charge on any atom is 0.353 e. The van der Waals surface area contributed by atoms with Crippen molar-refractivity contribution in [2.45, 2.75) is 20.8 Å². The summed E-state index contributed by atoms with van der Waals surface area (Å²) in [7, 11) is -0.379. The predicted molar refractivity (Wildman–Crippen MR) is 86.7 cm³/mol. The van der Waals surface area contributed by atoms with E-state index >= 15 is 0 Å². The molecule has 0 aliphatic heterocycles. The number of aromatic nitrogens is 4. The van der Waals surface area contributed by atoms with Gasteiger partial charge in [0.25, 0.3) is 0 Å². The van der Waals surface area contributed by atoms with Gasteiger partial charge in [-0.25, -0.2) is 15.1 Å². The number of aryl methyl sites for hydroxylation is 3. The molecule has 7 heteroatoms. The van der Waals surface area contributed by atoms with Crippen molar-refractivity contribution in [1.82, 2.24) is 19.5 Å². The summed E-state index contributed by atoms with van der Waals surface area (Å²) < 4.78 is 1.39. The van der Waals surface area contributed by atoms with E-state index in [4.69, 9.17) is 0 Å². The van der Waals surface area contributed by atoms with Crippen LogP contribution < -0.4 is 5.32 Å². The first-order chi connectivity index (χ1) is 10.5. The fraction of sp³-hybridized carbons (Fsp3) is 0.200. The zero-order valence-electron chi connectivity index (χ0n) is 12.6. The van der Waals surface area contributed by atoms with Crippen LogP contribution in [0.4, 0.5) is 9.93 Å². The first-order valence-electron chi connectivity index (χ1n) is 6.78. The standard InChI is InChI=1S/C15H15N5OS/c1-10-6-13(7-11(2)17-10)22-8-12(3)18-14(22)19-15(21)20-5-4-16-9-20/h4-9H,1-3H3/p+1. The number of rotatable bonds is 2. The molecule has 1 amide bonds. The number of anilines is 1. The Kier molecular flexibility index (Phi) is 3.72. The molecule has 0 aromatic carbocycles. The highest BCUT2D eigenvalue weighted by molar-refractivity contribution is 7.41. The van der Waals surface area contributed by atoms with Gasteiger partial charge in [0.15, 0.2) is 10.3 Å². The van der Waals surface area contributed by atoms with Gasteiger partial charge in [0.1, 0.15) is 6.33 Å². The lowest BCUT2D eigenvalue weighted by Gasteiger charge is -2.01. The second kappa shape index (κ2) is 5.69. The lowest BCUT2D eigenvalue weighted by molar-refractivity contribution is 0.253. The van der Waals surface area contributed by atoms with Gasteiger partial charge in [-0.15, -0.1) is 0 Å². The largest absolute Gasteiger partial charge is 0.353 e. The monoisotopic (exact) mass is 314 g/mol. The predicted octanol–water partition coefficient (Wildman–Crippen LogP) is 3.42. The van der Waals surface area contributed by atoms with Crippen LogP contribution in [-0.2, 0) is 0 Å². The summed E-state index contributed by atoms with van der Waals surface area (Å²) in [6, 6.07) is 3.80. The molecule has 0 radical (unpaired) electrons. The van der Waals surface area contributed by atoms with Crippen LogP contribution in [0.5, 0.6) is 0 Å². The number of thiazole rings is 1. The Labute approximate surface area is 130 Å². The van der Waals surface area contributed by atoms with Crippen LogP contribution in [0, 0.1) is 20.8 Å². The topological polar surface area (TPSA) is 72.7 Å². The van der Waals surface area contributed by atoms with E-state index in [0.717, 1.165) is 22.0 Å². The summed E-state index contributed by atoms with van der Waals surface area (Å²) >= 11 is 0. The van der Waals surface area contributed by atoms with Crippen LogP contribution in [0.25, 0.3) is 4.90 Å². The zero-order chi connectivity index (χ0) is 15.7. The fourth-order valence-corrected chi connectivity index (χ4v) is 4.08. The Balaban J connectivity index is 1.98. The molecule has 3 heterocycles. The second-order valence-electron chi connectivity index (χ2n) is 5.00. The number of imidazole rings is 1. The molecule has 22 heavy (non-hydrogen) atoms. The van der Waals surface area contributed by atoms with E-state index in [9.17, 15) is 4.79 Å². The summed E-state index contributed by atoms with van der Waals surface area (Å²) in [5, 5.41) is 5.59. The highest BCUT2D eigenvalue weighted by atomic mass is 32.2. The van der Waals surface area contributed by atoms with E-state index in [0.29, 0.717) is 5.13 Å². The van der Waals surface area contributed by atoms with Crippen LogP contribution >= 0.6 is 10.5 Å². The molecule has 112 valence electrons. The van der Waals surface area contributed by atoms with E-state index < -0.39 is 0 Å². The quantitative estimate of drug-likeness (QED) is 0.736. The maximum absolute atomic E-state index is 12.2. The highest BCUT2D eigenvalue weighted by Crippen LogP contribution is 2.39. The molecule has 0 saturated heterocycles. The number of carbonyl (C=O) groups excluding carboxylic acids is 1. The zero-order valence-corrected chi connectivity index (χ0v) is 13.4. The van der Waals surface area contributed by atoms with Crippen LogP contribution in [0.1, 0.15) is 17.1 Å². The van der Waals surface area contributed by atoms with Crippen LogP contribution in [0.15, 0.2) is 36.2 Å². The Morgan fingerprint density at radius 3 is 2.50 bits per heavy atom. The number of nitrogens with one attached hydrogen (secondary N) is 1. The van der Waals surface area contributed by atoms with Crippen molar-refractivity contribution >= 4 is 21.6 Å². The van der Waals surface area contributed by atoms with Crippen molar-refractivity contribution in [2.75, 3.05) is 5.32 Å². The van der Waals surface area contributed by atoms with E-state index in [1.54, 1.807) is 12.4 Å². The number of carbonyl (C=O) groups is 1. The van der Waals surface area contributed by atoms with E-state index in [1.807, 2.05) is 32.9 Å². The SMILES string of the molecule is Cc1cc(-[s+]2cc(C)nc2NC(=O)n2ccnc2)cc(C)n1. The minimum absolute atomic E-state index is 0.264. The number of amides is 1. The molecule has 1 N–H and O–H groups in total. The summed E-state index contributed by atoms with van der Waals surface area (Å²) in [5.74, 6) is 0. The summed E-state index contributed by atoms with van der Waals surface area (Å²) in [6.07, 6.45) is 4.63. The lowest BCUT2D eigenvalue weighted by Crippen LogP contribution is -2.17. The Hall–Kier alpha value is -2.54. The minimum atomic E-state index is -0.379. The third kappa shape index (κ3) is 2.89. The van der Waals surface area contributed by atoms with Crippen LogP contribution in [0.2, 0.25) is 0 Å². The summed E-state index contributed by atoms with van der Waals surface area (Å²) in [4.78, 5) is 26.0. The number of nitrogens with zero attached hydrogens (tertiary/aromatic N) is 4. The molecule has 0 aliphatic carbocycles.